The number of phenolic OH excluding ortho intramolecular Hbond substituents is 1. The van der Waals surface area contributed by atoms with Crippen LogP contribution in [0.15, 0.2) is 47.3 Å². The molecular formula is C25H30N2O4. The van der Waals surface area contributed by atoms with Crippen molar-refractivity contribution in [3.05, 3.63) is 69.5 Å². The highest BCUT2D eigenvalue weighted by atomic mass is 16.5. The summed E-state index contributed by atoms with van der Waals surface area (Å²) in [4.78, 5) is 25.7. The molecule has 0 aliphatic rings. The summed E-state index contributed by atoms with van der Waals surface area (Å²) >= 11 is 0. The van der Waals surface area contributed by atoms with Gasteiger partial charge in [-0.1, -0.05) is 44.0 Å². The molecule has 1 heterocycles. The number of rotatable bonds is 9. The van der Waals surface area contributed by atoms with Crippen molar-refractivity contribution in [1.29, 1.82) is 0 Å². The molecule has 164 valence electrons. The van der Waals surface area contributed by atoms with Crippen LogP contribution in [0.25, 0.3) is 10.9 Å². The third-order valence-electron chi connectivity index (χ3n) is 5.40. The number of aryl methyl sites for hydroxylation is 2. The van der Waals surface area contributed by atoms with E-state index in [1.165, 1.54) is 4.57 Å². The molecule has 2 aromatic carbocycles. The largest absolute Gasteiger partial charge is 0.508 e. The molecule has 0 unspecified atom stereocenters. The Hall–Kier alpha value is -3.28. The number of aromatic hydroxyl groups is 1. The van der Waals surface area contributed by atoms with Crippen molar-refractivity contribution in [2.45, 2.75) is 39.5 Å². The molecule has 1 aromatic heterocycles. The number of carbonyl (C=O) groups excluding carboxylic acids is 1. The summed E-state index contributed by atoms with van der Waals surface area (Å²) < 4.78 is 7.54. The minimum Gasteiger partial charge on any atom is -0.508 e. The molecule has 31 heavy (non-hydrogen) atoms. The van der Waals surface area contributed by atoms with Crippen molar-refractivity contribution >= 4 is 16.8 Å². The summed E-state index contributed by atoms with van der Waals surface area (Å²) in [6.45, 7) is 5.10. The number of nitrogens with one attached hydrogen (secondary N) is 1. The molecule has 0 atom stereocenters. The number of pyridine rings is 1. The van der Waals surface area contributed by atoms with Crippen molar-refractivity contribution in [2.75, 3.05) is 13.2 Å². The average molecular weight is 423 g/mol. The van der Waals surface area contributed by atoms with Crippen molar-refractivity contribution in [2.24, 2.45) is 7.05 Å². The van der Waals surface area contributed by atoms with E-state index in [9.17, 15) is 14.7 Å². The number of aromatic nitrogens is 1. The summed E-state index contributed by atoms with van der Waals surface area (Å²) in [5.74, 6) is 0.510. The molecule has 2 N–H and O–H groups in total. The van der Waals surface area contributed by atoms with Gasteiger partial charge in [-0.15, -0.1) is 0 Å². The molecule has 0 aliphatic heterocycles. The average Bonchev–Trinajstić information content (AvgIpc) is 2.76. The van der Waals surface area contributed by atoms with Gasteiger partial charge in [0.15, 0.2) is 0 Å². The minimum atomic E-state index is -0.396. The number of unbranched alkanes of at least 4 members (excludes halogenated alkanes) is 2. The first-order chi connectivity index (χ1) is 14.9. The Morgan fingerprint density at radius 3 is 2.58 bits per heavy atom. The van der Waals surface area contributed by atoms with Crippen molar-refractivity contribution in [1.82, 2.24) is 9.88 Å². The van der Waals surface area contributed by atoms with E-state index in [0.29, 0.717) is 30.8 Å². The Bertz CT molecular complexity index is 1120. The van der Waals surface area contributed by atoms with E-state index in [-0.39, 0.29) is 16.9 Å². The molecule has 0 aliphatic carbocycles. The number of ether oxygens (including phenoxy) is 1. The Balaban J connectivity index is 1.80. The highest BCUT2D eigenvalue weighted by Gasteiger charge is 2.17. The molecule has 0 saturated carbocycles. The second-order valence-electron chi connectivity index (χ2n) is 7.80. The Kier molecular flexibility index (Phi) is 7.34. The standard InChI is InChI=1S/C25H30N2O4/c1-4-5-6-15-31-23-17(2)7-10-19-16-21(25(30)27(3)22(19)23)24(29)26-14-13-18-8-11-20(28)12-9-18/h7-12,16,28H,4-6,13-15H2,1-3H3,(H,26,29). The van der Waals surface area contributed by atoms with Gasteiger partial charge in [0.2, 0.25) is 0 Å². The Morgan fingerprint density at radius 2 is 1.87 bits per heavy atom. The maximum atomic E-state index is 13.0. The lowest BCUT2D eigenvalue weighted by molar-refractivity contribution is 0.0952. The summed E-state index contributed by atoms with van der Waals surface area (Å²) in [5.41, 5.74) is 2.43. The Morgan fingerprint density at radius 1 is 1.13 bits per heavy atom. The van der Waals surface area contributed by atoms with Gasteiger partial charge < -0.3 is 19.7 Å². The number of fused-ring (bicyclic) bond motifs is 1. The van der Waals surface area contributed by atoms with Crippen molar-refractivity contribution in [3.8, 4) is 11.5 Å². The van der Waals surface area contributed by atoms with Gasteiger partial charge in [0.1, 0.15) is 17.1 Å². The van der Waals surface area contributed by atoms with Crippen LogP contribution in [0.2, 0.25) is 0 Å². The van der Waals surface area contributed by atoms with E-state index >= 15 is 0 Å². The maximum Gasteiger partial charge on any atom is 0.263 e. The van der Waals surface area contributed by atoms with Gasteiger partial charge >= 0.3 is 0 Å². The Labute approximate surface area is 182 Å². The van der Waals surface area contributed by atoms with Gasteiger partial charge in [-0.3, -0.25) is 9.59 Å². The van der Waals surface area contributed by atoms with Crippen LogP contribution in [0.5, 0.6) is 11.5 Å². The lowest BCUT2D eigenvalue weighted by atomic mass is 10.1. The molecule has 0 bridgehead atoms. The van der Waals surface area contributed by atoms with Gasteiger partial charge in [0.25, 0.3) is 11.5 Å². The third-order valence-corrected chi connectivity index (χ3v) is 5.40. The van der Waals surface area contributed by atoms with Crippen molar-refractivity contribution < 1.29 is 14.6 Å². The zero-order chi connectivity index (χ0) is 22.4. The van der Waals surface area contributed by atoms with Crippen LogP contribution in [-0.2, 0) is 13.5 Å². The second-order valence-corrected chi connectivity index (χ2v) is 7.80. The quantitative estimate of drug-likeness (QED) is 0.509. The predicted molar refractivity (Wildman–Crippen MR) is 123 cm³/mol. The van der Waals surface area contributed by atoms with Gasteiger partial charge in [-0.25, -0.2) is 0 Å². The zero-order valence-electron chi connectivity index (χ0n) is 18.4. The molecule has 6 nitrogen and oxygen atoms in total. The third kappa shape index (κ3) is 5.26. The van der Waals surface area contributed by atoms with Crippen LogP contribution in [0.4, 0.5) is 0 Å². The number of carbonyl (C=O) groups is 1. The first kappa shape index (κ1) is 22.4. The highest BCUT2D eigenvalue weighted by Crippen LogP contribution is 2.29. The number of hydrogen-bond donors (Lipinski definition) is 2. The molecule has 0 spiro atoms. The van der Waals surface area contributed by atoms with Crippen LogP contribution in [0.3, 0.4) is 0 Å². The number of hydrogen-bond acceptors (Lipinski definition) is 4. The second kappa shape index (κ2) is 10.2. The van der Waals surface area contributed by atoms with E-state index in [1.807, 2.05) is 19.1 Å². The molecule has 3 aromatic rings. The molecule has 0 fully saturated rings. The smallest absolute Gasteiger partial charge is 0.263 e. The number of nitrogens with zero attached hydrogens (tertiary/aromatic N) is 1. The van der Waals surface area contributed by atoms with E-state index in [2.05, 4.69) is 12.2 Å². The van der Waals surface area contributed by atoms with Gasteiger partial charge in [0.05, 0.1) is 12.1 Å². The molecule has 0 radical (unpaired) electrons. The zero-order valence-corrected chi connectivity index (χ0v) is 18.4. The number of benzene rings is 2. The van der Waals surface area contributed by atoms with E-state index in [0.717, 1.165) is 35.8 Å². The molecule has 3 rings (SSSR count). The lowest BCUT2D eigenvalue weighted by Crippen LogP contribution is -2.33. The first-order valence-electron chi connectivity index (χ1n) is 10.7. The fourth-order valence-electron chi connectivity index (χ4n) is 3.60. The van der Waals surface area contributed by atoms with Gasteiger partial charge in [-0.05, 0) is 49.1 Å². The van der Waals surface area contributed by atoms with Gasteiger partial charge in [-0.2, -0.15) is 0 Å². The lowest BCUT2D eigenvalue weighted by Gasteiger charge is -2.16. The number of phenols is 1. The van der Waals surface area contributed by atoms with Crippen LogP contribution >= 0.6 is 0 Å². The van der Waals surface area contributed by atoms with E-state index in [4.69, 9.17) is 4.74 Å². The summed E-state index contributed by atoms with van der Waals surface area (Å²) in [6.07, 6.45) is 3.77. The highest BCUT2D eigenvalue weighted by molar-refractivity contribution is 5.98. The topological polar surface area (TPSA) is 80.6 Å². The molecule has 6 heteroatoms. The van der Waals surface area contributed by atoms with E-state index in [1.54, 1.807) is 37.4 Å². The number of amides is 1. The fraction of sp³-hybridized carbons (Fsp3) is 0.360. The predicted octanol–water partition coefficient (Wildman–Crippen LogP) is 4.09. The minimum absolute atomic E-state index is 0.112. The monoisotopic (exact) mass is 422 g/mol. The first-order valence-corrected chi connectivity index (χ1v) is 10.7. The van der Waals surface area contributed by atoms with Crippen LogP contribution in [0, 0.1) is 6.92 Å². The molecule has 0 saturated heterocycles. The SMILES string of the molecule is CCCCCOc1c(C)ccc2cc(C(=O)NCCc3ccc(O)cc3)c(=O)n(C)c12. The molecule has 1 amide bonds. The fourth-order valence-corrected chi connectivity index (χ4v) is 3.60. The molecular weight excluding hydrogens is 392 g/mol. The summed E-state index contributed by atoms with van der Waals surface area (Å²) in [7, 11) is 1.68. The van der Waals surface area contributed by atoms with Crippen LogP contribution < -0.4 is 15.6 Å². The van der Waals surface area contributed by atoms with Crippen LogP contribution in [0.1, 0.15) is 47.7 Å². The maximum absolute atomic E-state index is 13.0. The van der Waals surface area contributed by atoms with Gasteiger partial charge in [0, 0.05) is 19.0 Å². The van der Waals surface area contributed by atoms with E-state index < -0.39 is 5.91 Å². The summed E-state index contributed by atoms with van der Waals surface area (Å²) in [6, 6.07) is 12.3. The normalized spacial score (nSPS) is 10.9. The van der Waals surface area contributed by atoms with Crippen LogP contribution in [-0.4, -0.2) is 28.7 Å². The summed E-state index contributed by atoms with van der Waals surface area (Å²) in [5, 5.41) is 13.0. The van der Waals surface area contributed by atoms with Crippen molar-refractivity contribution in [3.63, 3.8) is 0 Å².